The molecule has 0 spiro atoms. The van der Waals surface area contributed by atoms with E-state index in [1.54, 1.807) is 0 Å². The van der Waals surface area contributed by atoms with Crippen LogP contribution in [0.1, 0.15) is 11.8 Å². The van der Waals surface area contributed by atoms with Crippen LogP contribution in [0.3, 0.4) is 0 Å². The Labute approximate surface area is 293 Å². The molecule has 0 bridgehead atoms. The number of anilines is 1. The van der Waals surface area contributed by atoms with Crippen LogP contribution in [0, 0.1) is 0 Å². The summed E-state index contributed by atoms with van der Waals surface area (Å²) in [5, 5.41) is 10.7. The molecule has 1 aliphatic rings. The van der Waals surface area contributed by atoms with Gasteiger partial charge in [0.1, 0.15) is 11.2 Å². The third-order valence-corrected chi connectivity index (χ3v) is 10.4. The second-order valence-electron chi connectivity index (χ2n) is 13.3. The molecular weight excluding hydrogens is 625 g/mol. The van der Waals surface area contributed by atoms with Gasteiger partial charge >= 0.3 is 0 Å². The Morgan fingerprint density at radius 3 is 1.98 bits per heavy atom. The molecule has 0 saturated heterocycles. The van der Waals surface area contributed by atoms with Crippen LogP contribution in [0.5, 0.6) is 5.75 Å². The molecule has 1 N–H and O–H groups in total. The van der Waals surface area contributed by atoms with E-state index in [1.807, 2.05) is 12.1 Å². The Kier molecular flexibility index (Phi) is 5.98. The number of nitrogens with zero attached hydrogens (tertiary/aromatic N) is 1. The van der Waals surface area contributed by atoms with Crippen LogP contribution in [-0.2, 0) is 0 Å². The van der Waals surface area contributed by atoms with E-state index >= 15 is 0 Å². The maximum absolute atomic E-state index is 6.68. The van der Waals surface area contributed by atoms with Crippen LogP contribution in [0.2, 0.25) is 0 Å². The number of para-hydroxylation sites is 1. The van der Waals surface area contributed by atoms with Crippen LogP contribution in [0.4, 0.5) is 5.69 Å². The van der Waals surface area contributed by atoms with E-state index in [-0.39, 0.29) is 6.23 Å². The fourth-order valence-corrected chi connectivity index (χ4v) is 8.00. The van der Waals surface area contributed by atoms with Crippen LogP contribution in [0.25, 0.3) is 82.5 Å². The molecule has 0 amide bonds. The molecule has 8 aromatic carbocycles. The van der Waals surface area contributed by atoms with Crippen molar-refractivity contribution in [2.75, 3.05) is 5.32 Å². The summed E-state index contributed by atoms with van der Waals surface area (Å²) in [6, 6.07) is 60.3. The van der Waals surface area contributed by atoms with Crippen molar-refractivity contribution in [3.05, 3.63) is 175 Å². The minimum Gasteiger partial charge on any atom is -0.464 e. The molecule has 0 aliphatic carbocycles. The first-order valence-electron chi connectivity index (χ1n) is 17.4. The molecule has 0 radical (unpaired) electrons. The van der Waals surface area contributed by atoms with Gasteiger partial charge in [0.05, 0.1) is 22.1 Å². The van der Waals surface area contributed by atoms with Crippen LogP contribution < -0.4 is 10.1 Å². The molecule has 3 heterocycles. The molecule has 11 rings (SSSR count). The molecule has 0 saturated carbocycles. The summed E-state index contributed by atoms with van der Waals surface area (Å²) in [6.07, 6.45) is -0.306. The van der Waals surface area contributed by atoms with Crippen molar-refractivity contribution in [3.63, 3.8) is 0 Å². The smallest absolute Gasteiger partial charge is 0.196 e. The molecule has 1 atom stereocenters. The van der Waals surface area contributed by atoms with Gasteiger partial charge in [0.15, 0.2) is 12.0 Å². The summed E-state index contributed by atoms with van der Waals surface area (Å²) in [5.41, 5.74) is 11.9. The van der Waals surface area contributed by atoms with Gasteiger partial charge in [-0.05, 0) is 87.6 Å². The minimum absolute atomic E-state index is 0.306. The van der Waals surface area contributed by atoms with Crippen molar-refractivity contribution in [2.45, 2.75) is 6.23 Å². The number of hydrogen-bond acceptors (Lipinski definition) is 3. The highest BCUT2D eigenvalue weighted by Gasteiger charge is 2.28. The Bertz CT molecular complexity index is 2960. The van der Waals surface area contributed by atoms with Gasteiger partial charge in [-0.15, -0.1) is 0 Å². The van der Waals surface area contributed by atoms with Crippen LogP contribution in [0.15, 0.2) is 174 Å². The Balaban J connectivity index is 0.966. The van der Waals surface area contributed by atoms with Gasteiger partial charge in [0, 0.05) is 27.4 Å². The van der Waals surface area contributed by atoms with Crippen LogP contribution >= 0.6 is 0 Å². The number of benzene rings is 8. The van der Waals surface area contributed by atoms with Gasteiger partial charge < -0.3 is 19.0 Å². The van der Waals surface area contributed by atoms with E-state index in [9.17, 15) is 0 Å². The zero-order valence-electron chi connectivity index (χ0n) is 27.5. The maximum Gasteiger partial charge on any atom is 0.196 e. The first-order valence-corrected chi connectivity index (χ1v) is 17.4. The summed E-state index contributed by atoms with van der Waals surface area (Å²) in [4.78, 5) is 0. The average Bonchev–Trinajstić information content (AvgIpc) is 3.90. The predicted molar refractivity (Wildman–Crippen MR) is 210 cm³/mol. The molecule has 4 heteroatoms. The minimum atomic E-state index is -0.306. The van der Waals surface area contributed by atoms with Gasteiger partial charge in [0.2, 0.25) is 0 Å². The van der Waals surface area contributed by atoms with Crippen molar-refractivity contribution in [1.29, 1.82) is 0 Å². The second kappa shape index (κ2) is 10.9. The molecule has 2 aromatic heterocycles. The van der Waals surface area contributed by atoms with E-state index in [1.165, 1.54) is 43.7 Å². The van der Waals surface area contributed by atoms with Crippen LogP contribution in [-0.4, -0.2) is 4.57 Å². The van der Waals surface area contributed by atoms with Gasteiger partial charge in [0.25, 0.3) is 0 Å². The first-order chi connectivity index (χ1) is 25.3. The number of hydrogen-bond donors (Lipinski definition) is 1. The molecule has 1 aliphatic heterocycles. The largest absolute Gasteiger partial charge is 0.464 e. The summed E-state index contributed by atoms with van der Waals surface area (Å²) < 4.78 is 15.3. The molecule has 4 nitrogen and oxygen atoms in total. The third kappa shape index (κ3) is 4.33. The highest BCUT2D eigenvalue weighted by Crippen LogP contribution is 2.47. The van der Waals surface area contributed by atoms with E-state index < -0.39 is 0 Å². The molecule has 51 heavy (non-hydrogen) atoms. The summed E-state index contributed by atoms with van der Waals surface area (Å²) in [7, 11) is 0. The van der Waals surface area contributed by atoms with Gasteiger partial charge in [-0.2, -0.15) is 0 Å². The number of furan rings is 1. The number of aromatic nitrogens is 1. The molecule has 1 unspecified atom stereocenters. The topological polar surface area (TPSA) is 39.3 Å². The standard InChI is InChI=1S/C47H30N2O2/c1-3-9-29(10-4-1)34-21-25-42-38(28-34)45-43(50-42)26-22-39-46(45)51-47(48-39)32-17-15-30(16-18-32)33-20-23-40-37(27-33)44-36-14-8-7-11-31(36)19-24-41(44)49(40)35-12-5-2-6-13-35/h1-28,47-48H. The van der Waals surface area contributed by atoms with Crippen molar-refractivity contribution in [3.8, 4) is 33.7 Å². The molecule has 10 aromatic rings. The van der Waals surface area contributed by atoms with Crippen molar-refractivity contribution in [1.82, 2.24) is 4.57 Å². The fraction of sp³-hybridized carbons (Fsp3) is 0.0213. The molecular formula is C47H30N2O2. The average molecular weight is 655 g/mol. The van der Waals surface area contributed by atoms with E-state index in [0.29, 0.717) is 0 Å². The quantitative estimate of drug-likeness (QED) is 0.205. The summed E-state index contributed by atoms with van der Waals surface area (Å²) in [5.74, 6) is 0.832. The Hall–Kier alpha value is -6.78. The zero-order valence-corrected chi connectivity index (χ0v) is 27.5. The van der Waals surface area contributed by atoms with Gasteiger partial charge in [-0.3, -0.25) is 0 Å². The monoisotopic (exact) mass is 654 g/mol. The lowest BCUT2D eigenvalue weighted by Gasteiger charge is -2.13. The Morgan fingerprint density at radius 2 is 1.14 bits per heavy atom. The number of fused-ring (bicyclic) bond motifs is 10. The Morgan fingerprint density at radius 1 is 0.471 bits per heavy atom. The SMILES string of the molecule is c1ccc(-c2ccc3oc4ccc5c(c4c3c2)OC(c2ccc(-c3ccc4c(c3)c3c6ccccc6ccc3n4-c3ccccc3)cc2)N5)cc1. The number of rotatable bonds is 4. The predicted octanol–water partition coefficient (Wildman–Crippen LogP) is 12.7. The van der Waals surface area contributed by atoms with Gasteiger partial charge in [-0.1, -0.05) is 115 Å². The summed E-state index contributed by atoms with van der Waals surface area (Å²) in [6.45, 7) is 0. The lowest BCUT2D eigenvalue weighted by atomic mass is 9.99. The van der Waals surface area contributed by atoms with E-state index in [2.05, 4.69) is 168 Å². The normalized spacial score (nSPS) is 14.0. The highest BCUT2D eigenvalue weighted by molar-refractivity contribution is 6.22. The zero-order chi connectivity index (χ0) is 33.5. The lowest BCUT2D eigenvalue weighted by molar-refractivity contribution is 0.263. The maximum atomic E-state index is 6.68. The van der Waals surface area contributed by atoms with E-state index in [4.69, 9.17) is 9.15 Å². The first kappa shape index (κ1) is 28.1. The lowest BCUT2D eigenvalue weighted by Crippen LogP contribution is -2.09. The summed E-state index contributed by atoms with van der Waals surface area (Å²) >= 11 is 0. The number of ether oxygens (including phenoxy) is 1. The van der Waals surface area contributed by atoms with Crippen molar-refractivity contribution in [2.24, 2.45) is 0 Å². The highest BCUT2D eigenvalue weighted by atomic mass is 16.5. The number of nitrogens with one attached hydrogen (secondary N) is 1. The molecule has 240 valence electrons. The third-order valence-electron chi connectivity index (χ3n) is 10.4. The van der Waals surface area contributed by atoms with Gasteiger partial charge in [-0.25, -0.2) is 0 Å². The fourth-order valence-electron chi connectivity index (χ4n) is 8.00. The van der Waals surface area contributed by atoms with E-state index in [0.717, 1.165) is 55.8 Å². The van der Waals surface area contributed by atoms with Crippen molar-refractivity contribution < 1.29 is 9.15 Å². The second-order valence-corrected chi connectivity index (χ2v) is 13.3. The van der Waals surface area contributed by atoms with Crippen molar-refractivity contribution >= 4 is 60.2 Å². The molecule has 0 fully saturated rings.